The maximum atomic E-state index is 4.63. The first-order valence-corrected chi connectivity index (χ1v) is 7.78. The summed E-state index contributed by atoms with van der Waals surface area (Å²) in [6, 6.07) is 8.63. The van der Waals surface area contributed by atoms with Gasteiger partial charge < -0.3 is 5.32 Å². The molecule has 2 saturated carbocycles. The number of nitrogens with one attached hydrogen (secondary N) is 1. The number of anilines is 1. The topological polar surface area (TPSA) is 37.8 Å². The summed E-state index contributed by atoms with van der Waals surface area (Å²) < 4.78 is 0. The van der Waals surface area contributed by atoms with Gasteiger partial charge in [0.15, 0.2) is 0 Å². The van der Waals surface area contributed by atoms with Crippen LogP contribution in [0, 0.1) is 17.8 Å². The first-order valence-electron chi connectivity index (χ1n) is 7.78. The second kappa shape index (κ2) is 4.72. The fourth-order valence-corrected chi connectivity index (χ4v) is 4.26. The highest BCUT2D eigenvalue weighted by Crippen LogP contribution is 2.49. The van der Waals surface area contributed by atoms with Crippen molar-refractivity contribution in [2.75, 3.05) is 5.32 Å². The lowest BCUT2D eigenvalue weighted by Gasteiger charge is -2.28. The van der Waals surface area contributed by atoms with E-state index in [2.05, 4.69) is 28.3 Å². The van der Waals surface area contributed by atoms with E-state index < -0.39 is 0 Å². The van der Waals surface area contributed by atoms with Crippen molar-refractivity contribution in [3.63, 3.8) is 0 Å². The fourth-order valence-electron chi connectivity index (χ4n) is 4.26. The minimum Gasteiger partial charge on any atom is -0.351 e. The lowest BCUT2D eigenvalue weighted by molar-refractivity contribution is 0.303. The second-order valence-electron chi connectivity index (χ2n) is 6.52. The Morgan fingerprint density at radius 2 is 2.10 bits per heavy atom. The molecule has 0 saturated heterocycles. The van der Waals surface area contributed by atoms with Gasteiger partial charge >= 0.3 is 0 Å². The van der Waals surface area contributed by atoms with Gasteiger partial charge in [-0.05, 0) is 50.0 Å². The summed E-state index contributed by atoms with van der Waals surface area (Å²) in [6.45, 7) is 2.30. The van der Waals surface area contributed by atoms with E-state index in [0.29, 0.717) is 6.04 Å². The van der Waals surface area contributed by atoms with Crippen molar-refractivity contribution < 1.29 is 0 Å². The highest BCUT2D eigenvalue weighted by molar-refractivity contribution is 5.78. The number of hydrogen-bond donors (Lipinski definition) is 1. The molecule has 1 aromatic carbocycles. The largest absolute Gasteiger partial charge is 0.351 e. The molecule has 4 atom stereocenters. The van der Waals surface area contributed by atoms with E-state index in [0.717, 1.165) is 34.6 Å². The molecule has 0 radical (unpaired) electrons. The number of fused-ring (bicyclic) bond motifs is 3. The summed E-state index contributed by atoms with van der Waals surface area (Å²) >= 11 is 0. The number of aromatic nitrogens is 2. The summed E-state index contributed by atoms with van der Waals surface area (Å²) in [7, 11) is 0. The molecule has 2 aromatic rings. The van der Waals surface area contributed by atoms with Crippen molar-refractivity contribution in [3.05, 3.63) is 30.5 Å². The van der Waals surface area contributed by atoms with Gasteiger partial charge in [0.2, 0.25) is 5.95 Å². The second-order valence-corrected chi connectivity index (χ2v) is 6.52. The number of hydrogen-bond acceptors (Lipinski definition) is 3. The third-order valence-electron chi connectivity index (χ3n) is 5.28. The van der Waals surface area contributed by atoms with Crippen molar-refractivity contribution in [2.24, 2.45) is 17.8 Å². The predicted octanol–water partition coefficient (Wildman–Crippen LogP) is 3.87. The van der Waals surface area contributed by atoms with Crippen LogP contribution in [0.5, 0.6) is 0 Å². The van der Waals surface area contributed by atoms with Gasteiger partial charge in [0.25, 0.3) is 0 Å². The molecular formula is C17H21N3. The molecular weight excluding hydrogens is 246 g/mol. The molecule has 1 aromatic heterocycles. The normalized spacial score (nSPS) is 29.8. The summed E-state index contributed by atoms with van der Waals surface area (Å²) in [4.78, 5) is 9.08. The zero-order chi connectivity index (χ0) is 13.5. The lowest BCUT2D eigenvalue weighted by Crippen LogP contribution is -2.30. The molecule has 0 spiro atoms. The standard InChI is InChI=1S/C17H21N3/c1-11(15-9-12-6-7-13(15)8-12)19-17-18-10-14-4-2-3-5-16(14)20-17/h2-5,10-13,15H,6-9H2,1H3,(H,18,19,20). The van der Waals surface area contributed by atoms with E-state index in [1.165, 1.54) is 25.7 Å². The first kappa shape index (κ1) is 12.1. The van der Waals surface area contributed by atoms with Crippen LogP contribution < -0.4 is 5.32 Å². The van der Waals surface area contributed by atoms with E-state index in [1.54, 1.807) is 0 Å². The molecule has 2 aliphatic rings. The maximum absolute atomic E-state index is 4.63. The summed E-state index contributed by atoms with van der Waals surface area (Å²) in [5.74, 6) is 3.51. The van der Waals surface area contributed by atoms with Crippen LogP contribution >= 0.6 is 0 Å². The third kappa shape index (κ3) is 2.05. The van der Waals surface area contributed by atoms with Gasteiger partial charge in [-0.15, -0.1) is 0 Å². The average Bonchev–Trinajstić information content (AvgIpc) is 3.10. The predicted molar refractivity (Wildman–Crippen MR) is 81.6 cm³/mol. The van der Waals surface area contributed by atoms with Gasteiger partial charge in [-0.25, -0.2) is 9.97 Å². The van der Waals surface area contributed by atoms with E-state index in [4.69, 9.17) is 0 Å². The van der Waals surface area contributed by atoms with E-state index in [1.807, 2.05) is 24.4 Å². The minimum atomic E-state index is 0.478. The van der Waals surface area contributed by atoms with Gasteiger partial charge in [0.05, 0.1) is 5.52 Å². The van der Waals surface area contributed by atoms with Gasteiger partial charge in [-0.1, -0.05) is 24.6 Å². The van der Waals surface area contributed by atoms with Gasteiger partial charge in [-0.2, -0.15) is 0 Å². The average molecular weight is 267 g/mol. The van der Waals surface area contributed by atoms with E-state index >= 15 is 0 Å². The Balaban J connectivity index is 1.52. The molecule has 2 bridgehead atoms. The molecule has 20 heavy (non-hydrogen) atoms. The molecule has 104 valence electrons. The van der Waals surface area contributed by atoms with Crippen LogP contribution in [0.25, 0.3) is 10.9 Å². The molecule has 3 nitrogen and oxygen atoms in total. The van der Waals surface area contributed by atoms with Gasteiger partial charge in [-0.3, -0.25) is 0 Å². The van der Waals surface area contributed by atoms with Crippen LogP contribution in [0.2, 0.25) is 0 Å². The van der Waals surface area contributed by atoms with Crippen molar-refractivity contribution in [1.29, 1.82) is 0 Å². The van der Waals surface area contributed by atoms with Gasteiger partial charge in [0.1, 0.15) is 0 Å². The Kier molecular flexibility index (Phi) is 2.86. The molecule has 4 unspecified atom stereocenters. The highest BCUT2D eigenvalue weighted by Gasteiger charge is 2.41. The molecule has 4 rings (SSSR count). The minimum absolute atomic E-state index is 0.478. The van der Waals surface area contributed by atoms with Crippen LogP contribution in [-0.2, 0) is 0 Å². The van der Waals surface area contributed by atoms with E-state index in [9.17, 15) is 0 Å². The molecule has 0 amide bonds. The monoisotopic (exact) mass is 267 g/mol. The molecule has 0 aliphatic heterocycles. The van der Waals surface area contributed by atoms with Crippen LogP contribution in [0.4, 0.5) is 5.95 Å². The quantitative estimate of drug-likeness (QED) is 0.917. The van der Waals surface area contributed by atoms with Crippen molar-refractivity contribution in [3.8, 4) is 0 Å². The van der Waals surface area contributed by atoms with Crippen LogP contribution in [0.15, 0.2) is 30.5 Å². The third-order valence-corrected chi connectivity index (χ3v) is 5.28. The SMILES string of the molecule is CC(Nc1ncc2ccccc2n1)C1CC2CCC1C2. The molecule has 2 fully saturated rings. The highest BCUT2D eigenvalue weighted by atomic mass is 15.1. The first-order chi connectivity index (χ1) is 9.79. The summed E-state index contributed by atoms with van der Waals surface area (Å²) in [6.07, 6.45) is 7.65. The van der Waals surface area contributed by atoms with Gasteiger partial charge in [0, 0.05) is 17.6 Å². The number of para-hydroxylation sites is 1. The lowest BCUT2D eigenvalue weighted by atomic mass is 9.84. The zero-order valence-corrected chi connectivity index (χ0v) is 11.9. The van der Waals surface area contributed by atoms with Crippen molar-refractivity contribution in [2.45, 2.75) is 38.6 Å². The van der Waals surface area contributed by atoms with Crippen molar-refractivity contribution in [1.82, 2.24) is 9.97 Å². The van der Waals surface area contributed by atoms with Crippen LogP contribution in [0.3, 0.4) is 0 Å². The molecule has 3 heteroatoms. The Hall–Kier alpha value is -1.64. The number of benzene rings is 1. The Bertz CT molecular complexity index is 624. The van der Waals surface area contributed by atoms with E-state index in [-0.39, 0.29) is 0 Å². The van der Waals surface area contributed by atoms with Crippen LogP contribution in [0.1, 0.15) is 32.6 Å². The molecule has 1 N–H and O–H groups in total. The van der Waals surface area contributed by atoms with Crippen LogP contribution in [-0.4, -0.2) is 16.0 Å². The Morgan fingerprint density at radius 3 is 2.90 bits per heavy atom. The maximum Gasteiger partial charge on any atom is 0.223 e. The van der Waals surface area contributed by atoms with Crippen molar-refractivity contribution >= 4 is 16.9 Å². The molecule has 1 heterocycles. The zero-order valence-electron chi connectivity index (χ0n) is 11.9. The fraction of sp³-hybridized carbons (Fsp3) is 0.529. The smallest absolute Gasteiger partial charge is 0.223 e. The number of nitrogens with zero attached hydrogens (tertiary/aromatic N) is 2. The Labute approximate surface area is 119 Å². The summed E-state index contributed by atoms with van der Waals surface area (Å²) in [5.41, 5.74) is 1.02. The Morgan fingerprint density at radius 1 is 1.20 bits per heavy atom. The molecule has 2 aliphatic carbocycles. The summed E-state index contributed by atoms with van der Waals surface area (Å²) in [5, 5.41) is 4.64. The number of rotatable bonds is 3.